The Hall–Kier alpha value is -5.92. The Morgan fingerprint density at radius 1 is 0.444 bits per heavy atom. The zero-order valence-electron chi connectivity index (χ0n) is 36.4. The summed E-state index contributed by atoms with van der Waals surface area (Å²) in [4.78, 5) is 3.15. The van der Waals surface area contributed by atoms with Crippen molar-refractivity contribution in [2.24, 2.45) is 5.92 Å². The van der Waals surface area contributed by atoms with Gasteiger partial charge in [-0.2, -0.15) is 0 Å². The predicted octanol–water partition coefficient (Wildman–Crippen LogP) is 15.1. The van der Waals surface area contributed by atoms with E-state index in [4.69, 9.17) is 0 Å². The molecule has 5 atom stereocenters. The highest BCUT2D eigenvalue weighted by molar-refractivity contribution is 6.64. The van der Waals surface area contributed by atoms with Crippen LogP contribution in [0.25, 0.3) is 130 Å². The van der Waals surface area contributed by atoms with E-state index in [1.807, 2.05) is 0 Å². The van der Waals surface area contributed by atoms with Crippen LogP contribution < -0.4 is 15.3 Å². The Morgan fingerprint density at radius 2 is 0.905 bits per heavy atom. The summed E-state index contributed by atoms with van der Waals surface area (Å²) in [6.45, 7) is 7.30. The molecule has 0 saturated carbocycles. The molecule has 1 nitrogen and oxygen atoms in total. The van der Waals surface area contributed by atoms with Crippen molar-refractivity contribution >= 4 is 135 Å². The van der Waals surface area contributed by atoms with E-state index in [1.165, 1.54) is 102 Å². The largest absolute Gasteiger partial charge is 0.363 e. The number of hydrogen-bond acceptors (Lipinski definition) is 1. The van der Waals surface area contributed by atoms with Crippen LogP contribution in [0.3, 0.4) is 0 Å². The molecule has 5 aliphatic rings. The molecule has 1 aliphatic heterocycles. The third-order valence-electron chi connectivity index (χ3n) is 19.6. The van der Waals surface area contributed by atoms with Crippen molar-refractivity contribution in [2.75, 3.05) is 4.90 Å². The first-order valence-electron chi connectivity index (χ1n) is 24.9. The lowest BCUT2D eigenvalue weighted by atomic mass is 9.45. The van der Waals surface area contributed by atoms with Crippen LogP contribution >= 0.6 is 0 Å². The fourth-order valence-corrected chi connectivity index (χ4v) is 18.0. The molecule has 2 spiro atoms. The third kappa shape index (κ3) is 2.85. The van der Waals surface area contributed by atoms with Crippen LogP contribution in [0.4, 0.5) is 5.69 Å². The van der Waals surface area contributed by atoms with E-state index in [0.29, 0.717) is 18.0 Å². The Kier molecular flexibility index (Phi) is 5.22. The van der Waals surface area contributed by atoms with E-state index in [0.717, 1.165) is 0 Å². The zero-order chi connectivity index (χ0) is 40.7. The maximum absolute atomic E-state index is 3.15. The summed E-state index contributed by atoms with van der Waals surface area (Å²) in [5, 5.41) is 37.6. The topological polar surface area (TPSA) is 3.24 Å². The lowest BCUT2D eigenvalue weighted by Crippen LogP contribution is -2.56. The molecule has 0 aromatic heterocycles. The Morgan fingerprint density at radius 3 is 1.41 bits per heavy atom. The van der Waals surface area contributed by atoms with E-state index in [-0.39, 0.29) is 10.8 Å². The van der Waals surface area contributed by atoms with Crippen molar-refractivity contribution in [3.8, 4) is 0 Å². The summed E-state index contributed by atoms with van der Waals surface area (Å²) in [6.07, 6.45) is 18.2. The highest BCUT2D eigenvalue weighted by Gasteiger charge is 2.77. The summed E-state index contributed by atoms with van der Waals surface area (Å²) in [5.41, 5.74) is 7.80. The van der Waals surface area contributed by atoms with Gasteiger partial charge in [0.05, 0.1) is 10.8 Å². The number of hydrogen-bond donors (Lipinski definition) is 0. The first-order valence-corrected chi connectivity index (χ1v) is 24.9. The van der Waals surface area contributed by atoms with E-state index in [1.54, 1.807) is 119 Å². The number of nitrogens with zero attached hydrogens (tertiary/aromatic N) is 1. The Bertz CT molecular complexity index is 4300. The van der Waals surface area contributed by atoms with E-state index < -0.39 is 0 Å². The molecule has 5 unspecified atom stereocenters. The Balaban J connectivity index is 1.16. The van der Waals surface area contributed by atoms with E-state index in [9.17, 15) is 0 Å². The van der Waals surface area contributed by atoms with Crippen molar-refractivity contribution in [1.82, 2.24) is 0 Å². The number of allylic oxidation sites excluding steroid dienone is 2. The average Bonchev–Trinajstić information content (AvgIpc) is 4.17. The maximum atomic E-state index is 3.15. The smallest absolute Gasteiger partial charge is 0.0582 e. The van der Waals surface area contributed by atoms with Gasteiger partial charge in [0.25, 0.3) is 0 Å². The molecular formula is C62H47N. The summed E-state index contributed by atoms with van der Waals surface area (Å²) < 4.78 is 0. The summed E-state index contributed by atoms with van der Waals surface area (Å²) >= 11 is 0. The molecule has 63 heavy (non-hydrogen) atoms. The van der Waals surface area contributed by atoms with Gasteiger partial charge in [0.1, 0.15) is 0 Å². The van der Waals surface area contributed by atoms with Crippen molar-refractivity contribution in [3.05, 3.63) is 113 Å². The molecule has 1 fully saturated rings. The first-order chi connectivity index (χ1) is 31.2. The number of anilines is 1. The normalized spacial score (nSPS) is 24.0. The van der Waals surface area contributed by atoms with Crippen molar-refractivity contribution in [2.45, 2.75) is 108 Å². The molecular weight excluding hydrogens is 759 g/mol. The summed E-state index contributed by atoms with van der Waals surface area (Å²) in [6, 6.07) is 33.1. The molecule has 0 bridgehead atoms. The van der Waals surface area contributed by atoms with E-state index >= 15 is 0 Å². The second-order valence-corrected chi connectivity index (χ2v) is 21.4. The fourth-order valence-electron chi connectivity index (χ4n) is 18.0. The molecule has 13 aromatic carbocycles. The molecule has 1 heteroatoms. The molecule has 0 radical (unpaired) electrons. The van der Waals surface area contributed by atoms with Crippen LogP contribution in [-0.4, -0.2) is 12.1 Å². The quantitative estimate of drug-likeness (QED) is 0.0878. The lowest BCUT2D eigenvalue weighted by Gasteiger charge is -2.54. The van der Waals surface area contributed by atoms with Gasteiger partial charge in [-0.15, -0.1) is 0 Å². The number of fused-ring (bicyclic) bond motifs is 3. The highest BCUT2D eigenvalue weighted by atomic mass is 15.3. The van der Waals surface area contributed by atoms with Gasteiger partial charge in [0.15, 0.2) is 0 Å². The monoisotopic (exact) mass is 805 g/mol. The van der Waals surface area contributed by atoms with Gasteiger partial charge in [-0.1, -0.05) is 151 Å². The predicted molar refractivity (Wildman–Crippen MR) is 270 cm³/mol. The average molecular weight is 806 g/mol. The van der Waals surface area contributed by atoms with Gasteiger partial charge in [-0.3, -0.25) is 0 Å². The molecule has 300 valence electrons. The fraction of sp³-hybridized carbons (Fsp3) is 0.290. The van der Waals surface area contributed by atoms with Crippen molar-refractivity contribution in [3.63, 3.8) is 0 Å². The van der Waals surface area contributed by atoms with Crippen LogP contribution in [0.15, 0.2) is 91.0 Å². The second kappa shape index (κ2) is 10.1. The third-order valence-corrected chi connectivity index (χ3v) is 19.6. The van der Waals surface area contributed by atoms with E-state index in [2.05, 4.69) is 117 Å². The van der Waals surface area contributed by atoms with Crippen LogP contribution in [0, 0.1) is 5.92 Å². The van der Waals surface area contributed by atoms with Gasteiger partial charge >= 0.3 is 0 Å². The zero-order valence-corrected chi connectivity index (χ0v) is 36.4. The van der Waals surface area contributed by atoms with Gasteiger partial charge in [0.2, 0.25) is 0 Å². The van der Waals surface area contributed by atoms with Crippen LogP contribution in [0.1, 0.15) is 96.1 Å². The minimum atomic E-state index is -0.219. The SMILES string of the molecule is CCCCCCC1N(c2ccccc2)C(CC(CC)CCCC)C23C4=c5ccc6c7ccc8c9ccc%10c%11ccc%12c%13c(c%14c%15c2c5c6c2c7c8c5c9c%10c(c%13%11)c%14c5c%152)C13C=%12C=C4. The standard InChI is InChI=1S/C62H47N/c1-4-7-9-13-17-41-61-39-26-27-40-38-25-23-36-34-21-19-32-31-18-20-33-35-22-24-37(39)49-47(35)52-45(33)43(31)51-44(32)46(34)53-48(36)50(38)60(58-56(53)54(51)55(52)57(58)59(49)61)62(40,61)42(28-29(6-3)14-8-5-2)63(41)30-15-11-10-12-16-30/h10-12,15-16,18-27,29,41-42H,4-9,13-14,17,28H2,1-3H3. The van der Waals surface area contributed by atoms with Gasteiger partial charge in [-0.25, -0.2) is 0 Å². The van der Waals surface area contributed by atoms with Crippen molar-refractivity contribution < 1.29 is 0 Å². The van der Waals surface area contributed by atoms with Crippen molar-refractivity contribution in [1.29, 1.82) is 0 Å². The first kappa shape index (κ1) is 32.7. The number of para-hydroxylation sites is 1. The number of rotatable bonds is 12. The minimum absolute atomic E-state index is 0.214. The summed E-state index contributed by atoms with van der Waals surface area (Å²) in [5.74, 6) is 0.668. The van der Waals surface area contributed by atoms with Gasteiger partial charge in [-0.05, 0) is 182 Å². The van der Waals surface area contributed by atoms with Gasteiger partial charge < -0.3 is 4.90 Å². The molecule has 1 saturated heterocycles. The second-order valence-electron chi connectivity index (χ2n) is 21.4. The number of benzene rings is 9. The van der Waals surface area contributed by atoms with Crippen LogP contribution in [0.2, 0.25) is 0 Å². The maximum Gasteiger partial charge on any atom is 0.0582 e. The van der Waals surface area contributed by atoms with Gasteiger partial charge in [0, 0.05) is 17.8 Å². The molecule has 0 N–H and O–H groups in total. The molecule has 13 aromatic rings. The molecule has 0 amide bonds. The molecule has 18 rings (SSSR count). The summed E-state index contributed by atoms with van der Waals surface area (Å²) in [7, 11) is 0. The van der Waals surface area contributed by atoms with Crippen LogP contribution in [0.5, 0.6) is 0 Å². The van der Waals surface area contributed by atoms with Crippen LogP contribution in [-0.2, 0) is 10.8 Å². The Labute approximate surface area is 365 Å². The highest BCUT2D eigenvalue weighted by Crippen LogP contribution is 2.78. The molecule has 4 aliphatic carbocycles. The molecule has 1 heterocycles. The minimum Gasteiger partial charge on any atom is -0.363 e. The number of unbranched alkanes of at least 4 members (excludes halogenated alkanes) is 4. The lowest BCUT2D eigenvalue weighted by molar-refractivity contribution is 0.310.